The molecule has 0 aliphatic heterocycles. The number of thiol groups is 1. The van der Waals surface area contributed by atoms with Gasteiger partial charge in [-0.25, -0.2) is 0 Å². The summed E-state index contributed by atoms with van der Waals surface area (Å²) >= 11 is 4.53. The molecule has 0 aliphatic rings. The van der Waals surface area contributed by atoms with E-state index in [0.717, 1.165) is 0 Å². The lowest BCUT2D eigenvalue weighted by Gasteiger charge is -2.28. The molecule has 0 saturated carbocycles. The molecule has 0 aliphatic carbocycles. The Morgan fingerprint density at radius 3 is 2.00 bits per heavy atom. The molecular weight excluding hydrogens is 198 g/mol. The van der Waals surface area contributed by atoms with Gasteiger partial charge in [-0.3, -0.25) is 0 Å². The standard InChI is InChI=1S/C10H17NS2/c1-8-6-5-7-9(2)10(8)11-13(3,4)12/h5-7,11-12H,1-4H3. The molecule has 0 amide bonds. The summed E-state index contributed by atoms with van der Waals surface area (Å²) < 4.78 is 3.47. The van der Waals surface area contributed by atoms with E-state index < -0.39 is 9.25 Å². The van der Waals surface area contributed by atoms with E-state index in [1.165, 1.54) is 16.8 Å². The highest BCUT2D eigenvalue weighted by Gasteiger charge is 2.08. The Morgan fingerprint density at radius 1 is 1.15 bits per heavy atom. The average Bonchev–Trinajstić information content (AvgIpc) is 1.95. The van der Waals surface area contributed by atoms with Crippen molar-refractivity contribution in [2.45, 2.75) is 13.8 Å². The van der Waals surface area contributed by atoms with Crippen molar-refractivity contribution in [2.75, 3.05) is 17.2 Å². The van der Waals surface area contributed by atoms with Crippen LogP contribution in [0.4, 0.5) is 5.69 Å². The Morgan fingerprint density at radius 2 is 1.62 bits per heavy atom. The smallest absolute Gasteiger partial charge is 0.0492 e. The van der Waals surface area contributed by atoms with E-state index in [2.05, 4.69) is 60.9 Å². The van der Waals surface area contributed by atoms with Gasteiger partial charge in [0.25, 0.3) is 0 Å². The molecule has 0 spiro atoms. The first-order valence-corrected chi connectivity index (χ1v) is 7.70. The summed E-state index contributed by atoms with van der Waals surface area (Å²) in [4.78, 5) is 0. The minimum atomic E-state index is -0.978. The Bertz CT molecular complexity index is 282. The predicted molar refractivity (Wildman–Crippen MR) is 68.0 cm³/mol. The van der Waals surface area contributed by atoms with Gasteiger partial charge >= 0.3 is 0 Å². The monoisotopic (exact) mass is 215 g/mol. The van der Waals surface area contributed by atoms with Crippen LogP contribution < -0.4 is 4.72 Å². The second kappa shape index (κ2) is 3.84. The van der Waals surface area contributed by atoms with Gasteiger partial charge in [0.15, 0.2) is 0 Å². The van der Waals surface area contributed by atoms with Crippen LogP contribution in [0, 0.1) is 13.8 Å². The SMILES string of the molecule is Cc1cccc(C)c1NS(C)(C)S. The van der Waals surface area contributed by atoms with E-state index in [4.69, 9.17) is 0 Å². The Hall–Kier alpha value is -0.280. The van der Waals surface area contributed by atoms with E-state index in [1.807, 2.05) is 0 Å². The van der Waals surface area contributed by atoms with Gasteiger partial charge in [-0.05, 0) is 37.5 Å². The number of aryl methyl sites for hydroxylation is 2. The number of nitrogens with one attached hydrogen (secondary N) is 1. The summed E-state index contributed by atoms with van der Waals surface area (Å²) in [6.45, 7) is 4.24. The van der Waals surface area contributed by atoms with E-state index in [1.54, 1.807) is 0 Å². The van der Waals surface area contributed by atoms with Crippen LogP contribution in [0.5, 0.6) is 0 Å². The van der Waals surface area contributed by atoms with E-state index >= 15 is 0 Å². The summed E-state index contributed by atoms with van der Waals surface area (Å²) in [5.41, 5.74) is 3.81. The van der Waals surface area contributed by atoms with Crippen molar-refractivity contribution in [2.24, 2.45) is 0 Å². The molecule has 0 atom stereocenters. The molecule has 0 fully saturated rings. The molecule has 0 aromatic heterocycles. The molecule has 0 saturated heterocycles. The number of anilines is 1. The van der Waals surface area contributed by atoms with Gasteiger partial charge in [-0.15, -0.1) is 20.9 Å². The predicted octanol–water partition coefficient (Wildman–Crippen LogP) is 3.54. The minimum Gasteiger partial charge on any atom is -0.339 e. The summed E-state index contributed by atoms with van der Waals surface area (Å²) in [5, 5.41) is 0. The van der Waals surface area contributed by atoms with Gasteiger partial charge in [0.2, 0.25) is 0 Å². The van der Waals surface area contributed by atoms with Crippen molar-refractivity contribution in [1.82, 2.24) is 0 Å². The second-order valence-corrected chi connectivity index (χ2v) is 9.13. The van der Waals surface area contributed by atoms with Gasteiger partial charge in [0.05, 0.1) is 0 Å². The van der Waals surface area contributed by atoms with Crippen molar-refractivity contribution in [1.29, 1.82) is 0 Å². The average molecular weight is 215 g/mol. The Kier molecular flexibility index (Phi) is 3.19. The zero-order valence-corrected chi connectivity index (χ0v) is 10.3. The summed E-state index contributed by atoms with van der Waals surface area (Å²) in [5.74, 6) is 0. The van der Waals surface area contributed by atoms with Gasteiger partial charge in [0, 0.05) is 5.69 Å². The number of rotatable bonds is 2. The molecule has 13 heavy (non-hydrogen) atoms. The third kappa shape index (κ3) is 3.16. The fourth-order valence-electron chi connectivity index (χ4n) is 1.23. The summed E-state index contributed by atoms with van der Waals surface area (Å²) in [6.07, 6.45) is 4.25. The lowest BCUT2D eigenvalue weighted by molar-refractivity contribution is 1.39. The van der Waals surface area contributed by atoms with Crippen molar-refractivity contribution < 1.29 is 0 Å². The number of hydrogen-bond donors (Lipinski definition) is 2. The maximum Gasteiger partial charge on any atom is 0.0492 e. The highest BCUT2D eigenvalue weighted by atomic mass is 33.1. The quantitative estimate of drug-likeness (QED) is 0.568. The second-order valence-electron chi connectivity index (χ2n) is 3.64. The van der Waals surface area contributed by atoms with Gasteiger partial charge in [-0.1, -0.05) is 18.2 Å². The van der Waals surface area contributed by atoms with Gasteiger partial charge in [0.1, 0.15) is 0 Å². The first-order valence-electron chi connectivity index (χ1n) is 4.20. The molecule has 0 heterocycles. The number of para-hydroxylation sites is 1. The fourth-order valence-corrected chi connectivity index (χ4v) is 2.32. The molecule has 1 aromatic rings. The van der Waals surface area contributed by atoms with Crippen molar-refractivity contribution in [3.63, 3.8) is 0 Å². The molecule has 0 bridgehead atoms. The zero-order valence-electron chi connectivity index (χ0n) is 8.59. The Labute approximate surface area is 87.2 Å². The highest BCUT2D eigenvalue weighted by Crippen LogP contribution is 2.45. The van der Waals surface area contributed by atoms with Crippen LogP contribution in [0.25, 0.3) is 0 Å². The molecule has 1 rings (SSSR count). The molecule has 1 N–H and O–H groups in total. The number of benzene rings is 1. The lowest BCUT2D eigenvalue weighted by atomic mass is 10.1. The van der Waals surface area contributed by atoms with Crippen LogP contribution in [0.1, 0.15) is 11.1 Å². The van der Waals surface area contributed by atoms with Crippen LogP contribution in [-0.4, -0.2) is 12.5 Å². The van der Waals surface area contributed by atoms with E-state index in [0.29, 0.717) is 0 Å². The topological polar surface area (TPSA) is 12.0 Å². The molecule has 0 unspecified atom stereocenters. The largest absolute Gasteiger partial charge is 0.339 e. The molecule has 1 nitrogen and oxygen atoms in total. The van der Waals surface area contributed by atoms with Gasteiger partial charge < -0.3 is 4.72 Å². The van der Waals surface area contributed by atoms with E-state index in [-0.39, 0.29) is 0 Å². The number of hydrogen-bond acceptors (Lipinski definition) is 2. The molecule has 0 radical (unpaired) electrons. The van der Waals surface area contributed by atoms with Crippen LogP contribution >= 0.6 is 20.9 Å². The third-order valence-electron chi connectivity index (χ3n) is 1.83. The third-order valence-corrected chi connectivity index (χ3v) is 2.81. The van der Waals surface area contributed by atoms with Crippen LogP contribution in [-0.2, 0) is 0 Å². The molecular formula is C10H17NS2. The van der Waals surface area contributed by atoms with Crippen molar-refractivity contribution in [3.05, 3.63) is 29.3 Å². The van der Waals surface area contributed by atoms with Crippen molar-refractivity contribution in [3.8, 4) is 0 Å². The highest BCUT2D eigenvalue weighted by molar-refractivity contribution is 8.87. The lowest BCUT2D eigenvalue weighted by Crippen LogP contribution is -2.03. The Balaban J connectivity index is 3.00. The van der Waals surface area contributed by atoms with E-state index in [9.17, 15) is 0 Å². The molecule has 3 heteroatoms. The minimum absolute atomic E-state index is 0.978. The van der Waals surface area contributed by atoms with Crippen LogP contribution in [0.3, 0.4) is 0 Å². The normalized spacial score (nSPS) is 12.7. The van der Waals surface area contributed by atoms with Gasteiger partial charge in [-0.2, -0.15) is 0 Å². The first-order chi connectivity index (χ1) is 5.90. The maximum atomic E-state index is 4.53. The maximum absolute atomic E-state index is 4.53. The van der Waals surface area contributed by atoms with Crippen molar-refractivity contribution >= 4 is 26.6 Å². The molecule has 74 valence electrons. The summed E-state index contributed by atoms with van der Waals surface area (Å²) in [7, 11) is -0.978. The summed E-state index contributed by atoms with van der Waals surface area (Å²) in [6, 6.07) is 6.32. The molecule has 1 aromatic carbocycles. The van der Waals surface area contributed by atoms with Crippen LogP contribution in [0.15, 0.2) is 18.2 Å². The van der Waals surface area contributed by atoms with Crippen LogP contribution in [0.2, 0.25) is 0 Å². The fraction of sp³-hybridized carbons (Fsp3) is 0.400. The zero-order chi connectivity index (χ0) is 10.1. The first kappa shape index (κ1) is 10.8.